The van der Waals surface area contributed by atoms with Gasteiger partial charge in [0.15, 0.2) is 50.3 Å². The van der Waals surface area contributed by atoms with Crippen molar-refractivity contribution in [1.29, 1.82) is 0 Å². The summed E-state index contributed by atoms with van der Waals surface area (Å²) >= 11 is 16.1. The van der Waals surface area contributed by atoms with Gasteiger partial charge in [0, 0.05) is 49.4 Å². The zero-order valence-electron chi connectivity index (χ0n) is 65.9. The van der Waals surface area contributed by atoms with Crippen LogP contribution in [0.4, 0.5) is 0 Å². The number of hydrogen-bond acceptors (Lipinski definition) is 44. The van der Waals surface area contributed by atoms with E-state index < -0.39 is 272 Å². The molecule has 696 valence electrons. The maximum absolute atomic E-state index is 10.5. The van der Waals surface area contributed by atoms with Crippen molar-refractivity contribution in [1.82, 2.24) is 0 Å². The van der Waals surface area contributed by atoms with Crippen LogP contribution in [-0.4, -0.2) is 444 Å². The van der Waals surface area contributed by atoms with E-state index in [1.54, 1.807) is 0 Å². The van der Waals surface area contributed by atoms with Gasteiger partial charge >= 0.3 is 0 Å². The lowest BCUT2D eigenvalue weighted by Gasteiger charge is -2.46. The van der Waals surface area contributed by atoms with Crippen LogP contribution in [0, 0.1) is 0 Å². The van der Waals surface area contributed by atoms with E-state index in [2.05, 4.69) is 78.2 Å². The summed E-state index contributed by atoms with van der Waals surface area (Å²) in [5.41, 5.74) is 0. The monoisotopic (exact) mass is 1780 g/mol. The van der Waals surface area contributed by atoms with E-state index in [4.69, 9.17) is 75.8 Å². The van der Waals surface area contributed by atoms with Crippen LogP contribution in [0.3, 0.4) is 0 Å². The zero-order chi connectivity index (χ0) is 86.2. The Morgan fingerprint density at radius 2 is 0.368 bits per heavy atom. The van der Waals surface area contributed by atoms with E-state index in [-0.39, 0.29) is 30.4 Å². The lowest BCUT2D eigenvalue weighted by Crippen LogP contribution is -2.64. The van der Waals surface area contributed by atoms with Crippen LogP contribution >= 0.6 is 50.5 Å². The highest BCUT2D eigenvalue weighted by atomic mass is 32.1. The molecular weight excluding hydrogens is 1650 g/mol. The first kappa shape index (κ1) is 109. The minimum atomic E-state index is -1.61. The van der Waals surface area contributed by atoms with Gasteiger partial charge in [0.1, 0.15) is 171 Å². The molecule has 0 saturated carbocycles. The summed E-state index contributed by atoms with van der Waals surface area (Å²) in [6.07, 6.45) is -37.7. The van der Waals surface area contributed by atoms with Gasteiger partial charge in [-0.15, -0.1) is 0 Å². The van der Waals surface area contributed by atoms with Gasteiger partial charge in [0.2, 0.25) is 0 Å². The van der Waals surface area contributed by atoms with Gasteiger partial charge in [-0.25, -0.2) is 0 Å². The molecule has 8 rings (SSSR count). The Bertz CT molecular complexity index is 2200. The Labute approximate surface area is 704 Å². The minimum absolute atomic E-state index is 0. The second-order valence-electron chi connectivity index (χ2n) is 29.7. The number of ether oxygens (including phenoxy) is 16. The Hall–Kier alpha value is -0.200. The fraction of sp³-hybridized carbons (Fsp3) is 1.00. The first-order valence-electron chi connectivity index (χ1n) is 40.2. The SMILES string of the molecule is C.CCCCCCO[C@@H]1OC(CO)[C@@H](O[C@@H]2OC(CS)[C@H](O)[C@H](O)C2O)[C@H](O)C1O.CCCCCCO[C@@H]1OC(CO)[C@H](O[C@@H]2OC(CS)[C@H](O)[C@H](O)C2O)[C@H](O)C1O.CCCCCCO[C@H]1OC(CO)[C@@H](O[C@@H]2OC(CS)[C@H](O)[C@H](O)C2O)[C@H](O)C1O.CCCCCCO[C@H]1OC(CO)[C@H](O[C@@H]2OC(CS)[C@H](O)[C@H](O)C2O)[C@H](O)C1O. The summed E-state index contributed by atoms with van der Waals surface area (Å²) in [4.78, 5) is 0. The van der Waals surface area contributed by atoms with E-state index in [9.17, 15) is 123 Å². The smallest absolute Gasteiger partial charge is 0.187 e. The van der Waals surface area contributed by atoms with Crippen LogP contribution in [0.15, 0.2) is 0 Å². The lowest BCUT2D eigenvalue weighted by molar-refractivity contribution is -0.356. The Kier molecular flexibility index (Phi) is 53.1. The van der Waals surface area contributed by atoms with E-state index in [0.717, 1.165) is 103 Å². The number of unbranched alkanes of at least 4 members (excludes halogenated alkanes) is 12. The minimum Gasteiger partial charge on any atom is -0.394 e. The Morgan fingerprint density at radius 1 is 0.205 bits per heavy atom. The molecule has 0 amide bonds. The van der Waals surface area contributed by atoms with Crippen LogP contribution < -0.4 is 0 Å². The molecule has 117 heavy (non-hydrogen) atoms. The molecule has 0 aromatic carbocycles. The molecule has 44 heteroatoms. The molecule has 0 aromatic heterocycles. The summed E-state index contributed by atoms with van der Waals surface area (Å²) in [6.45, 7) is 7.47. The Balaban J connectivity index is 0.000000327. The van der Waals surface area contributed by atoms with Crippen molar-refractivity contribution in [2.24, 2.45) is 0 Å². The summed E-state index contributed by atoms with van der Waals surface area (Å²) < 4.78 is 88.1. The first-order valence-corrected chi connectivity index (χ1v) is 42.7. The third-order valence-electron chi connectivity index (χ3n) is 21.0. The summed E-state index contributed by atoms with van der Waals surface area (Å²) in [5, 5.41) is 242. The van der Waals surface area contributed by atoms with E-state index in [1.807, 2.05) is 0 Å². The molecule has 8 fully saturated rings. The molecule has 0 aromatic rings. The van der Waals surface area contributed by atoms with Gasteiger partial charge in [-0.1, -0.05) is 112 Å². The largest absolute Gasteiger partial charge is 0.394 e. The van der Waals surface area contributed by atoms with Crippen LogP contribution in [0.2, 0.25) is 0 Å². The predicted molar refractivity (Wildman–Crippen MR) is 420 cm³/mol. The molecule has 0 aliphatic carbocycles. The van der Waals surface area contributed by atoms with Crippen LogP contribution in [0.25, 0.3) is 0 Å². The van der Waals surface area contributed by atoms with Gasteiger partial charge in [-0.3, -0.25) is 0 Å². The molecule has 8 aliphatic heterocycles. The molecule has 40 nitrogen and oxygen atoms in total. The van der Waals surface area contributed by atoms with Crippen LogP contribution in [0.5, 0.6) is 0 Å². The Morgan fingerprint density at radius 3 is 0.521 bits per heavy atom. The number of hydrogen-bond donors (Lipinski definition) is 28. The first-order chi connectivity index (χ1) is 55.4. The van der Waals surface area contributed by atoms with Gasteiger partial charge < -0.3 is 198 Å². The molecule has 0 radical (unpaired) electrons. The lowest BCUT2D eigenvalue weighted by atomic mass is 9.97. The number of thiol groups is 4. The predicted octanol–water partition coefficient (Wildman–Crippen LogP) is -6.78. The van der Waals surface area contributed by atoms with Crippen molar-refractivity contribution < 1.29 is 198 Å². The molecule has 8 heterocycles. The molecular formula is C73H140O40S4. The number of aliphatic hydroxyl groups excluding tert-OH is 24. The normalized spacial score (nSPS) is 43.1. The highest BCUT2D eigenvalue weighted by Crippen LogP contribution is 2.36. The van der Waals surface area contributed by atoms with Gasteiger partial charge in [-0.05, 0) is 25.7 Å². The quantitative estimate of drug-likeness (QED) is 0.0200. The average Bonchev–Trinajstić information content (AvgIpc) is 0.798. The fourth-order valence-electron chi connectivity index (χ4n) is 13.7. The number of aliphatic hydroxyl groups is 24. The van der Waals surface area contributed by atoms with Crippen molar-refractivity contribution >= 4 is 50.5 Å². The molecule has 16 unspecified atom stereocenters. The van der Waals surface area contributed by atoms with E-state index in [1.165, 1.54) is 0 Å². The van der Waals surface area contributed by atoms with Gasteiger partial charge in [0.05, 0.1) is 50.8 Å². The third kappa shape index (κ3) is 31.0. The molecule has 0 spiro atoms. The molecule has 24 N–H and O–H groups in total. The maximum atomic E-state index is 10.5. The zero-order valence-corrected chi connectivity index (χ0v) is 69.5. The van der Waals surface area contributed by atoms with E-state index >= 15 is 0 Å². The van der Waals surface area contributed by atoms with Crippen molar-refractivity contribution in [3.8, 4) is 0 Å². The topological polar surface area (TPSA) is 633 Å². The second kappa shape index (κ2) is 56.9. The molecule has 0 bridgehead atoms. The standard InChI is InChI=1S/4C18H34O10S.CH4/c4*1-2-3-4-5-6-25-17-15(24)13(22)16(9(7-19)26-17)28-18-14(23)12(21)11(20)10(8-29)27-18;/h4*9-24,29H,2-8H2,1H3;1H4/t9?,10?,11-,12-,13+,14?,15?,16+,17+,18-;9?,10?,11-,12-,13+,14?,15?,16+,17-,18-;9?,10?,11-,12-,13+,14?,15?,16-,17+,18-;9?,10?,11-,12-,13+,14?,15?,16-,17-,18-;/m0000./s1. The van der Waals surface area contributed by atoms with Crippen molar-refractivity contribution in [3.05, 3.63) is 0 Å². The second-order valence-corrected chi connectivity index (χ2v) is 31.2. The fourth-order valence-corrected chi connectivity index (χ4v) is 14.9. The maximum Gasteiger partial charge on any atom is 0.187 e. The molecule has 40 atom stereocenters. The molecule has 8 aliphatic rings. The van der Waals surface area contributed by atoms with Gasteiger partial charge in [-0.2, -0.15) is 50.5 Å². The third-order valence-corrected chi connectivity index (χ3v) is 22.4. The summed E-state index contributed by atoms with van der Waals surface area (Å²) in [7, 11) is 0. The summed E-state index contributed by atoms with van der Waals surface area (Å²) in [5.74, 6) is 0.200. The highest BCUT2D eigenvalue weighted by Gasteiger charge is 2.56. The van der Waals surface area contributed by atoms with E-state index in [0.29, 0.717) is 26.4 Å². The average molecular weight is 1790 g/mol. The summed E-state index contributed by atoms with van der Waals surface area (Å²) in [6, 6.07) is 0. The highest BCUT2D eigenvalue weighted by molar-refractivity contribution is 7.80. The van der Waals surface area contributed by atoms with Crippen LogP contribution in [0.1, 0.15) is 138 Å². The van der Waals surface area contributed by atoms with Crippen molar-refractivity contribution in [3.63, 3.8) is 0 Å². The number of rotatable bonds is 40. The van der Waals surface area contributed by atoms with Crippen molar-refractivity contribution in [2.45, 2.75) is 384 Å². The van der Waals surface area contributed by atoms with Crippen LogP contribution in [-0.2, 0) is 75.8 Å². The van der Waals surface area contributed by atoms with Crippen molar-refractivity contribution in [2.75, 3.05) is 75.9 Å². The van der Waals surface area contributed by atoms with Gasteiger partial charge in [0.25, 0.3) is 0 Å². The molecule has 8 saturated heterocycles.